The van der Waals surface area contributed by atoms with Crippen molar-refractivity contribution in [2.24, 2.45) is 0 Å². The number of amides is 1. The minimum atomic E-state index is -0.530. The van der Waals surface area contributed by atoms with Crippen molar-refractivity contribution in [2.45, 2.75) is 20.1 Å². The zero-order valence-corrected chi connectivity index (χ0v) is 24.5. The highest BCUT2D eigenvalue weighted by molar-refractivity contribution is 6.31. The molecule has 0 aliphatic heterocycles. The summed E-state index contributed by atoms with van der Waals surface area (Å²) in [5, 5.41) is 15.4. The number of nitriles is 1. The number of carbonyl (C=O) groups is 1. The van der Waals surface area contributed by atoms with Gasteiger partial charge in [0.1, 0.15) is 30.6 Å². The van der Waals surface area contributed by atoms with Crippen molar-refractivity contribution in [2.75, 3.05) is 12.4 Å². The summed E-state index contributed by atoms with van der Waals surface area (Å²) in [7, 11) is 1.55. The predicted octanol–water partition coefficient (Wildman–Crippen LogP) is 8.51. The summed E-state index contributed by atoms with van der Waals surface area (Å²) in [4.78, 5) is 12.9. The number of benzene rings is 5. The summed E-state index contributed by atoms with van der Waals surface area (Å²) in [5.74, 6) is 1.15. The molecule has 6 nitrogen and oxygen atoms in total. The Bertz CT molecular complexity index is 1840. The first-order valence-electron chi connectivity index (χ1n) is 13.6. The molecule has 5 rings (SSSR count). The van der Waals surface area contributed by atoms with Gasteiger partial charge in [-0.2, -0.15) is 5.26 Å². The standard InChI is InChI=1S/C36H29ClN2O4/c1-24-11-13-26-7-3-5-9-31(26)32(24)23-43-34-18-12-25(20-35(34)41-2)19-28(21-38)36(40)39-29-14-16-30(17-15-29)42-22-27-8-4-6-10-33(27)37/h3-20H,22-23H2,1-2H3,(H,39,40)/b28-19+. The quantitative estimate of drug-likeness (QED) is 0.131. The molecule has 1 N–H and O–H groups in total. The van der Waals surface area contributed by atoms with E-state index in [0.29, 0.717) is 46.7 Å². The van der Waals surface area contributed by atoms with E-state index < -0.39 is 5.91 Å². The zero-order chi connectivity index (χ0) is 30.2. The lowest BCUT2D eigenvalue weighted by molar-refractivity contribution is -0.112. The molecule has 1 amide bonds. The SMILES string of the molecule is COc1cc(/C=C(\C#N)C(=O)Nc2ccc(OCc3ccccc3Cl)cc2)ccc1OCc1c(C)ccc2ccccc12. The van der Waals surface area contributed by atoms with Gasteiger partial charge in [-0.15, -0.1) is 0 Å². The first-order chi connectivity index (χ1) is 20.9. The lowest BCUT2D eigenvalue weighted by atomic mass is 10.0. The molecule has 214 valence electrons. The van der Waals surface area contributed by atoms with E-state index in [-0.39, 0.29) is 5.57 Å². The molecule has 0 bridgehead atoms. The largest absolute Gasteiger partial charge is 0.493 e. The fourth-order valence-electron chi connectivity index (χ4n) is 4.60. The molecule has 0 aromatic heterocycles. The van der Waals surface area contributed by atoms with Crippen molar-refractivity contribution in [3.8, 4) is 23.3 Å². The van der Waals surface area contributed by atoms with Crippen LogP contribution in [0.15, 0.2) is 109 Å². The van der Waals surface area contributed by atoms with Gasteiger partial charge in [0.05, 0.1) is 7.11 Å². The van der Waals surface area contributed by atoms with E-state index in [4.69, 9.17) is 25.8 Å². The number of nitrogens with zero attached hydrogens (tertiary/aromatic N) is 1. The van der Waals surface area contributed by atoms with Crippen molar-refractivity contribution in [3.63, 3.8) is 0 Å². The summed E-state index contributed by atoms with van der Waals surface area (Å²) in [6.45, 7) is 2.76. The van der Waals surface area contributed by atoms with Gasteiger partial charge in [0, 0.05) is 21.8 Å². The molecule has 7 heteroatoms. The summed E-state index contributed by atoms with van der Waals surface area (Å²) in [6.07, 6.45) is 1.51. The van der Waals surface area contributed by atoms with Crippen molar-refractivity contribution >= 4 is 40.0 Å². The van der Waals surface area contributed by atoms with Gasteiger partial charge in [-0.05, 0) is 77.4 Å². The van der Waals surface area contributed by atoms with E-state index in [9.17, 15) is 10.1 Å². The van der Waals surface area contributed by atoms with Crippen LogP contribution in [0.3, 0.4) is 0 Å². The lowest BCUT2D eigenvalue weighted by Crippen LogP contribution is -2.13. The van der Waals surface area contributed by atoms with E-state index >= 15 is 0 Å². The van der Waals surface area contributed by atoms with Crippen LogP contribution < -0.4 is 19.5 Å². The van der Waals surface area contributed by atoms with E-state index in [0.717, 1.165) is 27.5 Å². The van der Waals surface area contributed by atoms with Crippen molar-refractivity contribution in [1.82, 2.24) is 0 Å². The van der Waals surface area contributed by atoms with Crippen LogP contribution in [0.1, 0.15) is 22.3 Å². The van der Waals surface area contributed by atoms with Crippen LogP contribution in [0.2, 0.25) is 5.02 Å². The number of methoxy groups -OCH3 is 1. The molecule has 0 fully saturated rings. The van der Waals surface area contributed by atoms with Gasteiger partial charge in [0.2, 0.25) is 0 Å². The molecule has 0 saturated carbocycles. The highest BCUT2D eigenvalue weighted by atomic mass is 35.5. The first-order valence-corrected chi connectivity index (χ1v) is 14.0. The van der Waals surface area contributed by atoms with Gasteiger partial charge in [-0.3, -0.25) is 4.79 Å². The van der Waals surface area contributed by atoms with Crippen molar-refractivity contribution in [3.05, 3.63) is 136 Å². The van der Waals surface area contributed by atoms with Crippen LogP contribution in [0, 0.1) is 18.3 Å². The minimum absolute atomic E-state index is 0.0545. The van der Waals surface area contributed by atoms with Crippen molar-refractivity contribution < 1.29 is 19.0 Å². The third-order valence-electron chi connectivity index (χ3n) is 6.97. The number of anilines is 1. The molecule has 0 heterocycles. The van der Waals surface area contributed by atoms with Crippen LogP contribution in [0.5, 0.6) is 17.2 Å². The number of rotatable bonds is 10. The Balaban J connectivity index is 1.24. The highest BCUT2D eigenvalue weighted by Gasteiger charge is 2.13. The topological polar surface area (TPSA) is 80.6 Å². The maximum Gasteiger partial charge on any atom is 0.266 e. The van der Waals surface area contributed by atoms with Gasteiger partial charge < -0.3 is 19.5 Å². The molecule has 0 aliphatic rings. The summed E-state index contributed by atoms with van der Waals surface area (Å²) in [6, 6.07) is 34.1. The smallest absolute Gasteiger partial charge is 0.266 e. The van der Waals surface area contributed by atoms with Gasteiger partial charge >= 0.3 is 0 Å². The van der Waals surface area contributed by atoms with Gasteiger partial charge in [-0.1, -0.05) is 72.3 Å². The van der Waals surface area contributed by atoms with E-state index in [2.05, 4.69) is 36.5 Å². The van der Waals surface area contributed by atoms with Crippen LogP contribution in [0.4, 0.5) is 5.69 Å². The number of nitrogens with one attached hydrogen (secondary N) is 1. The molecule has 0 spiro atoms. The zero-order valence-electron chi connectivity index (χ0n) is 23.8. The maximum absolute atomic E-state index is 12.9. The molecule has 0 aliphatic carbocycles. The molecule has 0 atom stereocenters. The Kier molecular flexibility index (Phi) is 9.26. The van der Waals surface area contributed by atoms with Gasteiger partial charge in [0.15, 0.2) is 11.5 Å². The summed E-state index contributed by atoms with van der Waals surface area (Å²) >= 11 is 6.19. The predicted molar refractivity (Wildman–Crippen MR) is 170 cm³/mol. The van der Waals surface area contributed by atoms with E-state index in [1.807, 2.05) is 42.5 Å². The number of fused-ring (bicyclic) bond motifs is 1. The number of carbonyl (C=O) groups excluding carboxylic acids is 1. The van der Waals surface area contributed by atoms with Crippen LogP contribution in [-0.2, 0) is 18.0 Å². The molecule has 0 saturated heterocycles. The van der Waals surface area contributed by atoms with Crippen LogP contribution in [0.25, 0.3) is 16.8 Å². The molecule has 0 unspecified atom stereocenters. The lowest BCUT2D eigenvalue weighted by Gasteiger charge is -2.14. The highest BCUT2D eigenvalue weighted by Crippen LogP contribution is 2.31. The molecule has 5 aromatic rings. The Morgan fingerprint density at radius 2 is 1.65 bits per heavy atom. The second kappa shape index (κ2) is 13.6. The number of halogens is 1. The molecular formula is C36H29ClN2O4. The molecule has 5 aromatic carbocycles. The average Bonchev–Trinajstić information content (AvgIpc) is 3.03. The first kappa shape index (κ1) is 29.2. The fourth-order valence-corrected chi connectivity index (χ4v) is 4.79. The second-order valence-electron chi connectivity index (χ2n) is 9.81. The number of aryl methyl sites for hydroxylation is 1. The minimum Gasteiger partial charge on any atom is -0.493 e. The van der Waals surface area contributed by atoms with E-state index in [1.54, 1.807) is 49.6 Å². The number of hydrogen-bond donors (Lipinski definition) is 1. The third-order valence-corrected chi connectivity index (χ3v) is 7.34. The number of ether oxygens (including phenoxy) is 3. The Morgan fingerprint density at radius 3 is 2.42 bits per heavy atom. The summed E-state index contributed by atoms with van der Waals surface area (Å²) in [5.41, 5.74) is 4.22. The van der Waals surface area contributed by atoms with Gasteiger partial charge in [-0.25, -0.2) is 0 Å². The summed E-state index contributed by atoms with van der Waals surface area (Å²) < 4.78 is 17.5. The molecular weight excluding hydrogens is 560 g/mol. The Morgan fingerprint density at radius 1 is 0.884 bits per heavy atom. The Hall–Kier alpha value is -5.25. The molecule has 0 radical (unpaired) electrons. The second-order valence-corrected chi connectivity index (χ2v) is 10.2. The van der Waals surface area contributed by atoms with Crippen LogP contribution >= 0.6 is 11.6 Å². The fraction of sp³-hybridized carbons (Fsp3) is 0.111. The monoisotopic (exact) mass is 588 g/mol. The normalized spacial score (nSPS) is 11.1. The Labute approximate surface area is 255 Å². The van der Waals surface area contributed by atoms with Crippen molar-refractivity contribution in [1.29, 1.82) is 5.26 Å². The van der Waals surface area contributed by atoms with E-state index in [1.165, 1.54) is 6.08 Å². The number of hydrogen-bond acceptors (Lipinski definition) is 5. The average molecular weight is 589 g/mol. The third kappa shape index (κ3) is 7.16. The van der Waals surface area contributed by atoms with Crippen LogP contribution in [-0.4, -0.2) is 13.0 Å². The molecule has 43 heavy (non-hydrogen) atoms. The maximum atomic E-state index is 12.9. The van der Waals surface area contributed by atoms with Gasteiger partial charge in [0.25, 0.3) is 5.91 Å².